The van der Waals surface area contributed by atoms with Gasteiger partial charge in [0.05, 0.1) is 17.2 Å². The molecule has 0 aliphatic heterocycles. The van der Waals surface area contributed by atoms with Crippen molar-refractivity contribution < 1.29 is 13.2 Å². The van der Waals surface area contributed by atoms with Crippen LogP contribution in [0.25, 0.3) is 0 Å². The monoisotopic (exact) mass is 379 g/mol. The number of nitrogens with one attached hydrogen (secondary N) is 3. The molecule has 0 radical (unpaired) electrons. The zero-order chi connectivity index (χ0) is 18.3. The molecule has 6 nitrogen and oxygen atoms in total. The Morgan fingerprint density at radius 3 is 2.36 bits per heavy atom. The Morgan fingerprint density at radius 2 is 1.72 bits per heavy atom. The van der Waals surface area contributed by atoms with Gasteiger partial charge in [0.25, 0.3) is 0 Å². The quantitative estimate of drug-likeness (QED) is 0.641. The number of benzene rings is 2. The Balaban J connectivity index is 2.04. The molecule has 0 aliphatic carbocycles. The van der Waals surface area contributed by atoms with Crippen LogP contribution in [0.3, 0.4) is 0 Å². The normalized spacial score (nSPS) is 11.0. The summed E-state index contributed by atoms with van der Waals surface area (Å²) in [5, 5.41) is 6.48. The van der Waals surface area contributed by atoms with E-state index in [1.165, 1.54) is 12.1 Å². The lowest BCUT2D eigenvalue weighted by Gasteiger charge is -2.14. The molecule has 0 heterocycles. The van der Waals surface area contributed by atoms with Crippen LogP contribution in [0.15, 0.2) is 53.4 Å². The second-order valence-corrected chi connectivity index (χ2v) is 7.21. The Bertz CT molecular complexity index is 821. The predicted molar refractivity (Wildman–Crippen MR) is 105 cm³/mol. The minimum absolute atomic E-state index is 0.209. The van der Waals surface area contributed by atoms with Gasteiger partial charge >= 0.3 is 0 Å². The summed E-state index contributed by atoms with van der Waals surface area (Å²) >= 11 is 5.30. The van der Waals surface area contributed by atoms with Crippen LogP contribution >= 0.6 is 12.2 Å². The fourth-order valence-electron chi connectivity index (χ4n) is 2.13. The molecule has 0 fully saturated rings. The third-order valence-electron chi connectivity index (χ3n) is 3.19. The molecule has 0 atom stereocenters. The van der Waals surface area contributed by atoms with Gasteiger partial charge in [0.15, 0.2) is 5.11 Å². The van der Waals surface area contributed by atoms with Crippen molar-refractivity contribution in [2.24, 2.45) is 0 Å². The van der Waals surface area contributed by atoms with E-state index in [0.717, 1.165) is 5.69 Å². The van der Waals surface area contributed by atoms with Gasteiger partial charge < -0.3 is 15.4 Å². The SMILES string of the molecule is CCNS(=O)(=O)c1ccc(NC(=S)Nc2ccccc2OCC)cc1. The highest BCUT2D eigenvalue weighted by molar-refractivity contribution is 7.89. The molecule has 0 spiro atoms. The van der Waals surface area contributed by atoms with Crippen LogP contribution in [0, 0.1) is 0 Å². The van der Waals surface area contributed by atoms with E-state index in [1.807, 2.05) is 31.2 Å². The minimum atomic E-state index is -3.46. The number of para-hydroxylation sites is 2. The van der Waals surface area contributed by atoms with E-state index in [2.05, 4.69) is 15.4 Å². The summed E-state index contributed by atoms with van der Waals surface area (Å²) in [5.74, 6) is 0.709. The number of sulfonamides is 1. The van der Waals surface area contributed by atoms with Crippen LogP contribution in [0.5, 0.6) is 5.75 Å². The lowest BCUT2D eigenvalue weighted by Crippen LogP contribution is -2.23. The van der Waals surface area contributed by atoms with Crippen molar-refractivity contribution in [2.75, 3.05) is 23.8 Å². The lowest BCUT2D eigenvalue weighted by atomic mass is 10.3. The van der Waals surface area contributed by atoms with E-state index in [4.69, 9.17) is 17.0 Å². The number of hydrogen-bond acceptors (Lipinski definition) is 4. The van der Waals surface area contributed by atoms with Crippen molar-refractivity contribution in [1.82, 2.24) is 4.72 Å². The van der Waals surface area contributed by atoms with Gasteiger partial charge in [-0.3, -0.25) is 0 Å². The highest BCUT2D eigenvalue weighted by atomic mass is 32.2. The molecule has 0 saturated carbocycles. The molecule has 2 aromatic rings. The third-order valence-corrected chi connectivity index (χ3v) is 4.96. The van der Waals surface area contributed by atoms with Crippen molar-refractivity contribution in [1.29, 1.82) is 0 Å². The Hall–Kier alpha value is -2.16. The first-order chi connectivity index (χ1) is 12.0. The van der Waals surface area contributed by atoms with Gasteiger partial charge in [-0.1, -0.05) is 19.1 Å². The van der Waals surface area contributed by atoms with Gasteiger partial charge in [-0.25, -0.2) is 13.1 Å². The van der Waals surface area contributed by atoms with Crippen LogP contribution in [-0.2, 0) is 10.0 Å². The molecular formula is C17H21N3O3S2. The molecule has 25 heavy (non-hydrogen) atoms. The molecule has 3 N–H and O–H groups in total. The van der Waals surface area contributed by atoms with Crippen molar-refractivity contribution in [3.05, 3.63) is 48.5 Å². The first kappa shape index (κ1) is 19.2. The summed E-state index contributed by atoms with van der Waals surface area (Å²) in [5.41, 5.74) is 1.44. The summed E-state index contributed by atoms with van der Waals surface area (Å²) in [4.78, 5) is 0.209. The largest absolute Gasteiger partial charge is 0.492 e. The number of thiocarbonyl (C=S) groups is 1. The van der Waals surface area contributed by atoms with Gasteiger partial charge in [0, 0.05) is 12.2 Å². The molecule has 134 valence electrons. The van der Waals surface area contributed by atoms with Crippen molar-refractivity contribution >= 4 is 38.7 Å². The number of rotatable bonds is 7. The lowest BCUT2D eigenvalue weighted by molar-refractivity contribution is 0.342. The van der Waals surface area contributed by atoms with Crippen LogP contribution in [0.1, 0.15) is 13.8 Å². The Labute approximate surface area is 153 Å². The second-order valence-electron chi connectivity index (χ2n) is 5.03. The van der Waals surface area contributed by atoms with E-state index in [9.17, 15) is 8.42 Å². The first-order valence-corrected chi connectivity index (χ1v) is 9.75. The van der Waals surface area contributed by atoms with Crippen LogP contribution in [0.4, 0.5) is 11.4 Å². The maximum absolute atomic E-state index is 11.9. The number of ether oxygens (including phenoxy) is 1. The third kappa shape index (κ3) is 5.42. The van der Waals surface area contributed by atoms with Crippen molar-refractivity contribution in [3.8, 4) is 5.75 Å². The fourth-order valence-corrected chi connectivity index (χ4v) is 3.40. The van der Waals surface area contributed by atoms with Gasteiger partial charge in [-0.05, 0) is 55.5 Å². The smallest absolute Gasteiger partial charge is 0.240 e. The maximum atomic E-state index is 11.9. The zero-order valence-electron chi connectivity index (χ0n) is 14.1. The van der Waals surface area contributed by atoms with E-state index in [0.29, 0.717) is 29.7 Å². The summed E-state index contributed by atoms with van der Waals surface area (Å²) < 4.78 is 31.8. The van der Waals surface area contributed by atoms with Crippen LogP contribution < -0.4 is 20.1 Å². The molecule has 8 heteroatoms. The maximum Gasteiger partial charge on any atom is 0.240 e. The topological polar surface area (TPSA) is 79.5 Å². The summed E-state index contributed by atoms with van der Waals surface area (Å²) in [6, 6.07) is 13.9. The zero-order valence-corrected chi connectivity index (χ0v) is 15.7. The predicted octanol–water partition coefficient (Wildman–Crippen LogP) is 3.19. The van der Waals surface area contributed by atoms with E-state index in [-0.39, 0.29) is 4.90 Å². The van der Waals surface area contributed by atoms with E-state index < -0.39 is 10.0 Å². The number of anilines is 2. The van der Waals surface area contributed by atoms with Gasteiger partial charge in [-0.2, -0.15) is 0 Å². The first-order valence-electron chi connectivity index (χ1n) is 7.85. The van der Waals surface area contributed by atoms with Gasteiger partial charge in [0.2, 0.25) is 10.0 Å². The van der Waals surface area contributed by atoms with Crippen molar-refractivity contribution in [3.63, 3.8) is 0 Å². The minimum Gasteiger partial charge on any atom is -0.492 e. The molecule has 0 aliphatic rings. The average Bonchev–Trinajstić information content (AvgIpc) is 2.57. The van der Waals surface area contributed by atoms with Crippen molar-refractivity contribution in [2.45, 2.75) is 18.7 Å². The Morgan fingerprint density at radius 1 is 1.04 bits per heavy atom. The van der Waals surface area contributed by atoms with Crippen LogP contribution in [0.2, 0.25) is 0 Å². The highest BCUT2D eigenvalue weighted by Crippen LogP contribution is 2.24. The molecule has 0 aromatic heterocycles. The highest BCUT2D eigenvalue weighted by Gasteiger charge is 2.12. The average molecular weight is 380 g/mol. The van der Waals surface area contributed by atoms with E-state index >= 15 is 0 Å². The Kier molecular flexibility index (Phi) is 6.74. The van der Waals surface area contributed by atoms with Gasteiger partial charge in [0.1, 0.15) is 5.75 Å². The molecule has 0 amide bonds. The second kappa shape index (κ2) is 8.80. The molecular weight excluding hydrogens is 358 g/mol. The standard InChI is InChI=1S/C17H21N3O3S2/c1-3-18-25(21,22)14-11-9-13(10-12-14)19-17(24)20-15-7-5-6-8-16(15)23-4-2/h5-12,18H,3-4H2,1-2H3,(H2,19,20,24). The van der Waals surface area contributed by atoms with E-state index in [1.54, 1.807) is 19.1 Å². The summed E-state index contributed by atoms with van der Waals surface area (Å²) in [7, 11) is -3.46. The molecule has 2 aromatic carbocycles. The summed E-state index contributed by atoms with van der Waals surface area (Å²) in [6.45, 7) is 4.55. The summed E-state index contributed by atoms with van der Waals surface area (Å²) in [6.07, 6.45) is 0. The molecule has 0 unspecified atom stereocenters. The molecule has 0 saturated heterocycles. The fraction of sp³-hybridized carbons (Fsp3) is 0.235. The number of hydrogen-bond donors (Lipinski definition) is 3. The van der Waals surface area contributed by atoms with Gasteiger partial charge in [-0.15, -0.1) is 0 Å². The van der Waals surface area contributed by atoms with Crippen LogP contribution in [-0.4, -0.2) is 26.7 Å². The molecule has 2 rings (SSSR count). The molecule has 0 bridgehead atoms.